The molecule has 0 aliphatic heterocycles. The van der Waals surface area contributed by atoms with E-state index in [9.17, 15) is 14.7 Å². The normalized spacial score (nSPS) is 10.8. The lowest BCUT2D eigenvalue weighted by Gasteiger charge is -2.19. The number of benzene rings is 2. The molecule has 2 aromatic carbocycles. The summed E-state index contributed by atoms with van der Waals surface area (Å²) in [6.07, 6.45) is 2.72. The molecule has 2 aromatic heterocycles. The van der Waals surface area contributed by atoms with Gasteiger partial charge in [-0.05, 0) is 42.0 Å². The first-order chi connectivity index (χ1) is 16.2. The highest BCUT2D eigenvalue weighted by atomic mass is 35.5. The van der Waals surface area contributed by atoms with E-state index in [-0.39, 0.29) is 45.1 Å². The predicted molar refractivity (Wildman–Crippen MR) is 129 cm³/mol. The van der Waals surface area contributed by atoms with Gasteiger partial charge in [-0.3, -0.25) is 9.59 Å². The number of phenols is 1. The van der Waals surface area contributed by atoms with E-state index >= 15 is 0 Å². The number of aromatic nitrogens is 4. The minimum atomic E-state index is -0.769. The van der Waals surface area contributed by atoms with Crippen molar-refractivity contribution in [1.29, 1.82) is 0 Å². The summed E-state index contributed by atoms with van der Waals surface area (Å²) in [4.78, 5) is 41.0. The first-order valence-electron chi connectivity index (χ1n) is 9.57. The highest BCUT2D eigenvalue weighted by Gasteiger charge is 2.25. The van der Waals surface area contributed by atoms with E-state index in [2.05, 4.69) is 32.6 Å². The van der Waals surface area contributed by atoms with E-state index in [1.807, 2.05) is 0 Å². The molecular formula is C22H16ClN7O3S. The number of primary amides is 2. The van der Waals surface area contributed by atoms with Crippen LogP contribution in [0.15, 0.2) is 53.7 Å². The standard InChI is InChI=1S/C22H16ClN7O3S/c23-10-5-9(6-11(31)7-10)16-12(24)8-15(34)17(21-27-3-1-13(29-21)19(25)32)18(16)22-28-4-2-14(30-22)20(26)33/h1-8,31,34H,24H2,(H2,25,32)(H2,26,33). The second-order valence-corrected chi connectivity index (χ2v) is 7.99. The zero-order valence-electron chi connectivity index (χ0n) is 17.2. The fourth-order valence-corrected chi connectivity index (χ4v) is 3.98. The van der Waals surface area contributed by atoms with Crippen molar-refractivity contribution in [2.45, 2.75) is 4.90 Å². The molecular weight excluding hydrogens is 478 g/mol. The SMILES string of the molecule is NC(=O)c1ccnc(-c2c(S)cc(N)c(-c3cc(O)cc(Cl)c3)c2-c2nccc(C(N)=O)n2)n1. The molecule has 7 N–H and O–H groups in total. The van der Waals surface area contributed by atoms with E-state index < -0.39 is 11.8 Å². The van der Waals surface area contributed by atoms with Crippen molar-refractivity contribution in [2.75, 3.05) is 5.73 Å². The van der Waals surface area contributed by atoms with E-state index in [1.54, 1.807) is 12.1 Å². The summed E-state index contributed by atoms with van der Waals surface area (Å²) in [5.41, 5.74) is 18.7. The number of thiol groups is 1. The molecule has 2 heterocycles. The Morgan fingerprint density at radius 1 is 0.853 bits per heavy atom. The molecule has 0 saturated heterocycles. The van der Waals surface area contributed by atoms with Crippen LogP contribution in [-0.4, -0.2) is 36.9 Å². The van der Waals surface area contributed by atoms with Crippen LogP contribution in [0.3, 0.4) is 0 Å². The van der Waals surface area contributed by atoms with Gasteiger partial charge in [0.25, 0.3) is 11.8 Å². The Balaban J connectivity index is 2.16. The molecule has 4 aromatic rings. The molecule has 0 spiro atoms. The number of halogens is 1. The van der Waals surface area contributed by atoms with Gasteiger partial charge >= 0.3 is 0 Å². The Kier molecular flexibility index (Phi) is 6.05. The van der Waals surface area contributed by atoms with Crippen LogP contribution in [0, 0.1) is 0 Å². The number of nitrogens with zero attached hydrogens (tertiary/aromatic N) is 4. The van der Waals surface area contributed by atoms with E-state index in [0.29, 0.717) is 21.6 Å². The monoisotopic (exact) mass is 493 g/mol. The topological polar surface area (TPSA) is 184 Å². The molecule has 0 radical (unpaired) electrons. The number of anilines is 1. The summed E-state index contributed by atoms with van der Waals surface area (Å²) >= 11 is 10.7. The maximum atomic E-state index is 11.8. The first kappa shape index (κ1) is 23.0. The molecule has 0 aliphatic rings. The molecule has 2 amide bonds. The minimum absolute atomic E-state index is 0.0331. The van der Waals surface area contributed by atoms with Crippen molar-refractivity contribution >= 4 is 41.7 Å². The molecule has 0 fully saturated rings. The molecule has 10 nitrogen and oxygen atoms in total. The molecule has 12 heteroatoms. The summed E-state index contributed by atoms with van der Waals surface area (Å²) in [6, 6.07) is 8.65. The Morgan fingerprint density at radius 3 is 1.94 bits per heavy atom. The van der Waals surface area contributed by atoms with Crippen LogP contribution >= 0.6 is 24.2 Å². The van der Waals surface area contributed by atoms with Crippen LogP contribution in [0.1, 0.15) is 21.0 Å². The lowest BCUT2D eigenvalue weighted by atomic mass is 9.92. The zero-order valence-corrected chi connectivity index (χ0v) is 18.9. The van der Waals surface area contributed by atoms with Crippen LogP contribution in [-0.2, 0) is 0 Å². The molecule has 0 bridgehead atoms. The maximum absolute atomic E-state index is 11.8. The average molecular weight is 494 g/mol. The number of nitrogen functional groups attached to an aromatic ring is 1. The van der Waals surface area contributed by atoms with E-state index in [1.165, 1.54) is 36.7 Å². The highest BCUT2D eigenvalue weighted by molar-refractivity contribution is 7.80. The highest BCUT2D eigenvalue weighted by Crippen LogP contribution is 2.45. The molecule has 0 atom stereocenters. The quantitative estimate of drug-likeness (QED) is 0.207. The largest absolute Gasteiger partial charge is 0.508 e. The lowest BCUT2D eigenvalue weighted by molar-refractivity contribution is 0.0987. The van der Waals surface area contributed by atoms with Gasteiger partial charge in [-0.25, -0.2) is 19.9 Å². The third-order valence-corrected chi connectivity index (χ3v) is 5.34. The first-order valence-corrected chi connectivity index (χ1v) is 10.4. The van der Waals surface area contributed by atoms with Crippen molar-refractivity contribution in [3.05, 3.63) is 65.2 Å². The van der Waals surface area contributed by atoms with Gasteiger partial charge in [-0.2, -0.15) is 0 Å². The van der Waals surface area contributed by atoms with Gasteiger partial charge in [-0.1, -0.05) is 11.6 Å². The summed E-state index contributed by atoms with van der Waals surface area (Å²) in [7, 11) is 0. The van der Waals surface area contributed by atoms with Gasteiger partial charge in [-0.15, -0.1) is 12.6 Å². The van der Waals surface area contributed by atoms with Gasteiger partial charge < -0.3 is 22.3 Å². The number of amides is 2. The Hall–Kier alpha value is -4.22. The molecule has 0 unspecified atom stereocenters. The smallest absolute Gasteiger partial charge is 0.267 e. The van der Waals surface area contributed by atoms with Gasteiger partial charge in [0.1, 0.15) is 17.1 Å². The summed E-state index contributed by atoms with van der Waals surface area (Å²) in [6.45, 7) is 0. The zero-order chi connectivity index (χ0) is 24.6. The Bertz CT molecular complexity index is 1460. The second kappa shape index (κ2) is 8.96. The van der Waals surface area contributed by atoms with Crippen LogP contribution in [0.2, 0.25) is 5.02 Å². The van der Waals surface area contributed by atoms with Crippen LogP contribution < -0.4 is 17.2 Å². The summed E-state index contributed by atoms with van der Waals surface area (Å²) in [5.74, 6) is -1.50. The van der Waals surface area contributed by atoms with Crippen LogP contribution in [0.4, 0.5) is 5.69 Å². The van der Waals surface area contributed by atoms with Gasteiger partial charge in [0, 0.05) is 44.7 Å². The van der Waals surface area contributed by atoms with Crippen molar-refractivity contribution in [3.8, 4) is 39.7 Å². The molecule has 0 aliphatic carbocycles. The van der Waals surface area contributed by atoms with E-state index in [4.69, 9.17) is 28.8 Å². The van der Waals surface area contributed by atoms with Gasteiger partial charge in [0.2, 0.25) is 0 Å². The van der Waals surface area contributed by atoms with Crippen molar-refractivity contribution in [1.82, 2.24) is 19.9 Å². The van der Waals surface area contributed by atoms with Crippen molar-refractivity contribution < 1.29 is 14.7 Å². The van der Waals surface area contributed by atoms with Crippen molar-refractivity contribution in [3.63, 3.8) is 0 Å². The van der Waals surface area contributed by atoms with Gasteiger partial charge in [0.05, 0.1) is 0 Å². The number of carbonyl (C=O) groups excluding carboxylic acids is 2. The summed E-state index contributed by atoms with van der Waals surface area (Å²) in [5, 5.41) is 10.4. The van der Waals surface area contributed by atoms with E-state index in [0.717, 1.165) is 0 Å². The second-order valence-electron chi connectivity index (χ2n) is 7.07. The fourth-order valence-electron chi connectivity index (χ4n) is 3.40. The number of hydrogen-bond donors (Lipinski definition) is 5. The minimum Gasteiger partial charge on any atom is -0.508 e. The number of nitrogens with two attached hydrogens (primary N) is 3. The van der Waals surface area contributed by atoms with Crippen LogP contribution in [0.25, 0.3) is 33.9 Å². The third-order valence-electron chi connectivity index (χ3n) is 4.77. The number of carbonyl (C=O) groups is 2. The Labute approximate surface area is 203 Å². The predicted octanol–water partition coefficient (Wildman–Crippen LogP) is 2.70. The number of rotatable bonds is 5. The van der Waals surface area contributed by atoms with Gasteiger partial charge in [0.15, 0.2) is 11.6 Å². The molecule has 0 saturated carbocycles. The van der Waals surface area contributed by atoms with Crippen LogP contribution in [0.5, 0.6) is 5.75 Å². The number of hydrogen-bond acceptors (Lipinski definition) is 9. The Morgan fingerprint density at radius 2 is 1.41 bits per heavy atom. The third kappa shape index (κ3) is 4.34. The fraction of sp³-hybridized carbons (Fsp3) is 0. The van der Waals surface area contributed by atoms with Crippen molar-refractivity contribution in [2.24, 2.45) is 11.5 Å². The molecule has 170 valence electrons. The average Bonchev–Trinajstić information content (AvgIpc) is 2.78. The lowest BCUT2D eigenvalue weighted by Crippen LogP contribution is -2.15. The summed E-state index contributed by atoms with van der Waals surface area (Å²) < 4.78 is 0. The number of phenolic OH excluding ortho intramolecular Hbond substituents is 1. The maximum Gasteiger partial charge on any atom is 0.267 e. The number of aromatic hydroxyl groups is 1. The molecule has 4 rings (SSSR count). The molecule has 34 heavy (non-hydrogen) atoms.